The Morgan fingerprint density at radius 1 is 0.727 bits per heavy atom. The molecule has 0 atom stereocenters. The normalized spacial score (nSPS) is 13.8. The van der Waals surface area contributed by atoms with E-state index >= 15 is 0 Å². The second-order valence-electron chi connectivity index (χ2n) is 4.56. The molecule has 0 aliphatic carbocycles. The van der Waals surface area contributed by atoms with Crippen LogP contribution in [-0.4, -0.2) is 30.3 Å². The maximum Gasteiger partial charge on any atom is 1.00 e. The van der Waals surface area contributed by atoms with E-state index in [9.17, 15) is 43.7 Å². The van der Waals surface area contributed by atoms with E-state index in [1.165, 1.54) is 0 Å². The Bertz CT molecular complexity index is 423. The summed E-state index contributed by atoms with van der Waals surface area (Å²) >= 11 is 0. The van der Waals surface area contributed by atoms with Gasteiger partial charge in [0.05, 0.1) is 0 Å². The van der Waals surface area contributed by atoms with Crippen LogP contribution in [0.1, 0.15) is 44.9 Å². The molecular formula is C10H14F7NaO3S. The maximum absolute atomic E-state index is 13.0. The quantitative estimate of drug-likeness (QED) is 0.264. The second kappa shape index (κ2) is 9.05. The standard InChI is InChI=1S/C10H15F7O3S.Na/c11-8(12,10(16,17)21(18,19)20)6-4-2-1-3-5-7-9(13,14)15;/h1-7H2,(H,18,19,20);/q;+1/p-1. The van der Waals surface area contributed by atoms with E-state index in [1.807, 2.05) is 0 Å². The van der Waals surface area contributed by atoms with E-state index in [4.69, 9.17) is 0 Å². The summed E-state index contributed by atoms with van der Waals surface area (Å²) in [6.07, 6.45) is -7.45. The Labute approximate surface area is 145 Å². The molecule has 128 valence electrons. The average molecular weight is 370 g/mol. The SMILES string of the molecule is O=S(=O)([O-])C(F)(F)C(F)(F)CCCCCCCC(F)(F)F.[Na+]. The Balaban J connectivity index is 0. The molecule has 0 radical (unpaired) electrons. The molecule has 0 spiro atoms. The summed E-state index contributed by atoms with van der Waals surface area (Å²) in [6.45, 7) is 0. The van der Waals surface area contributed by atoms with E-state index in [2.05, 4.69) is 0 Å². The van der Waals surface area contributed by atoms with Crippen molar-refractivity contribution in [2.45, 2.75) is 62.3 Å². The summed E-state index contributed by atoms with van der Waals surface area (Å²) in [4.78, 5) is 0. The second-order valence-corrected chi connectivity index (χ2v) is 5.98. The number of halogens is 7. The molecule has 22 heavy (non-hydrogen) atoms. The fourth-order valence-electron chi connectivity index (χ4n) is 1.53. The smallest absolute Gasteiger partial charge is 0.743 e. The molecule has 0 aromatic rings. The van der Waals surface area contributed by atoms with Gasteiger partial charge in [-0.3, -0.25) is 0 Å². The van der Waals surface area contributed by atoms with Crippen molar-refractivity contribution in [3.05, 3.63) is 0 Å². The molecule has 0 rings (SSSR count). The van der Waals surface area contributed by atoms with Crippen LogP contribution in [0.15, 0.2) is 0 Å². The molecule has 0 heterocycles. The molecule has 0 aliphatic rings. The van der Waals surface area contributed by atoms with Crippen LogP contribution in [0.25, 0.3) is 0 Å². The summed E-state index contributed by atoms with van der Waals surface area (Å²) in [5.41, 5.74) is 0. The minimum absolute atomic E-state index is 0. The molecule has 3 nitrogen and oxygen atoms in total. The average Bonchev–Trinajstić information content (AvgIpc) is 2.24. The summed E-state index contributed by atoms with van der Waals surface area (Å²) in [7, 11) is -6.49. The van der Waals surface area contributed by atoms with Crippen LogP contribution >= 0.6 is 0 Å². The fourth-order valence-corrected chi connectivity index (χ4v) is 2.00. The van der Waals surface area contributed by atoms with E-state index in [1.54, 1.807) is 0 Å². The van der Waals surface area contributed by atoms with Crippen molar-refractivity contribution >= 4 is 10.1 Å². The van der Waals surface area contributed by atoms with Crippen molar-refractivity contribution in [2.24, 2.45) is 0 Å². The minimum atomic E-state index is -6.49. The first-order valence-electron chi connectivity index (χ1n) is 5.98. The van der Waals surface area contributed by atoms with Gasteiger partial charge in [0, 0.05) is 12.8 Å². The summed E-state index contributed by atoms with van der Waals surface area (Å²) < 4.78 is 117. The van der Waals surface area contributed by atoms with Gasteiger partial charge in [0.25, 0.3) is 0 Å². The molecule has 0 amide bonds. The van der Waals surface area contributed by atoms with Crippen LogP contribution < -0.4 is 29.6 Å². The van der Waals surface area contributed by atoms with E-state index in [0.29, 0.717) is 0 Å². The molecule has 0 aromatic heterocycles. The van der Waals surface area contributed by atoms with Crippen LogP contribution in [0.5, 0.6) is 0 Å². The first-order chi connectivity index (χ1) is 9.21. The van der Waals surface area contributed by atoms with Crippen molar-refractivity contribution in [3.63, 3.8) is 0 Å². The van der Waals surface area contributed by atoms with Gasteiger partial charge in [-0.05, 0) is 12.8 Å². The Morgan fingerprint density at radius 3 is 1.45 bits per heavy atom. The Hall–Kier alpha value is 0.420. The van der Waals surface area contributed by atoms with Crippen LogP contribution in [0.3, 0.4) is 0 Å². The molecule has 0 saturated heterocycles. The first-order valence-corrected chi connectivity index (χ1v) is 7.39. The largest absolute Gasteiger partial charge is 1.00 e. The van der Waals surface area contributed by atoms with Gasteiger partial charge in [-0.2, -0.15) is 30.7 Å². The van der Waals surface area contributed by atoms with Crippen molar-refractivity contribution in [1.82, 2.24) is 0 Å². The molecule has 0 aliphatic heterocycles. The molecule has 0 saturated carbocycles. The monoisotopic (exact) mass is 370 g/mol. The summed E-state index contributed by atoms with van der Waals surface area (Å²) in [5.74, 6) is -5.00. The third-order valence-corrected chi connectivity index (χ3v) is 3.62. The third-order valence-electron chi connectivity index (χ3n) is 2.69. The fraction of sp³-hybridized carbons (Fsp3) is 1.00. The minimum Gasteiger partial charge on any atom is -0.743 e. The molecular weight excluding hydrogens is 356 g/mol. The maximum atomic E-state index is 13.0. The van der Waals surface area contributed by atoms with Gasteiger partial charge < -0.3 is 4.55 Å². The van der Waals surface area contributed by atoms with Gasteiger partial charge in [-0.1, -0.05) is 19.3 Å². The van der Waals surface area contributed by atoms with Crippen molar-refractivity contribution in [1.29, 1.82) is 0 Å². The summed E-state index contributed by atoms with van der Waals surface area (Å²) in [5, 5.41) is -5.70. The molecule has 0 unspecified atom stereocenters. The number of unbranched alkanes of at least 4 members (excludes halogenated alkanes) is 4. The zero-order valence-electron chi connectivity index (χ0n) is 11.7. The van der Waals surface area contributed by atoms with Gasteiger partial charge in [-0.25, -0.2) is 8.42 Å². The molecule has 0 N–H and O–H groups in total. The van der Waals surface area contributed by atoms with Crippen molar-refractivity contribution < 1.29 is 73.3 Å². The molecule has 0 fully saturated rings. The van der Waals surface area contributed by atoms with Crippen LogP contribution in [0, 0.1) is 0 Å². The van der Waals surface area contributed by atoms with Gasteiger partial charge in [-0.15, -0.1) is 0 Å². The number of alkyl halides is 7. The molecule has 12 heteroatoms. The third kappa shape index (κ3) is 8.32. The van der Waals surface area contributed by atoms with Gasteiger partial charge in [0.1, 0.15) is 0 Å². The number of rotatable bonds is 9. The van der Waals surface area contributed by atoms with Gasteiger partial charge >= 0.3 is 46.9 Å². The zero-order valence-corrected chi connectivity index (χ0v) is 14.5. The molecule has 0 bridgehead atoms. The van der Waals surface area contributed by atoms with Crippen molar-refractivity contribution in [3.8, 4) is 0 Å². The van der Waals surface area contributed by atoms with Crippen LogP contribution in [0.2, 0.25) is 0 Å². The zero-order chi connectivity index (χ0) is 16.9. The molecule has 0 aromatic carbocycles. The van der Waals surface area contributed by atoms with Crippen LogP contribution in [-0.2, 0) is 10.1 Å². The Kier molecular flexibility index (Phi) is 10.1. The Morgan fingerprint density at radius 2 is 1.09 bits per heavy atom. The van der Waals surface area contributed by atoms with Crippen molar-refractivity contribution in [2.75, 3.05) is 0 Å². The number of hydrogen-bond acceptors (Lipinski definition) is 3. The van der Waals surface area contributed by atoms with E-state index in [0.717, 1.165) is 0 Å². The van der Waals surface area contributed by atoms with Crippen LogP contribution in [0.4, 0.5) is 30.7 Å². The van der Waals surface area contributed by atoms with Gasteiger partial charge in [0.2, 0.25) is 0 Å². The predicted octanol–water partition coefficient (Wildman–Crippen LogP) is 1.06. The predicted molar refractivity (Wildman–Crippen MR) is 58.0 cm³/mol. The van der Waals surface area contributed by atoms with E-state index < -0.39 is 46.7 Å². The first kappa shape index (κ1) is 24.7. The summed E-state index contributed by atoms with van der Waals surface area (Å²) in [6, 6.07) is 0. The number of hydrogen-bond donors (Lipinski definition) is 0. The topological polar surface area (TPSA) is 57.2 Å². The van der Waals surface area contributed by atoms with Gasteiger partial charge in [0.15, 0.2) is 10.1 Å². The van der Waals surface area contributed by atoms with E-state index in [-0.39, 0.29) is 55.2 Å².